The average molecular weight is 351 g/mol. The second kappa shape index (κ2) is 7.71. The number of nitrogens with zero attached hydrogens (tertiary/aromatic N) is 1. The van der Waals surface area contributed by atoms with Crippen molar-refractivity contribution in [2.45, 2.75) is 44.1 Å². The number of methoxy groups -OCH3 is 2. The summed E-state index contributed by atoms with van der Waals surface area (Å²) in [6.45, 7) is 2.39. The number of likely N-dealkylation sites (tertiary alicyclic amines) is 1. The van der Waals surface area contributed by atoms with Gasteiger partial charge in [-0.2, -0.15) is 0 Å². The molecule has 4 rings (SSSR count). The molecule has 0 saturated carbocycles. The Bertz CT molecular complexity index is 743. The zero-order chi connectivity index (χ0) is 17.9. The van der Waals surface area contributed by atoms with E-state index in [4.69, 9.17) is 9.47 Å². The Morgan fingerprint density at radius 3 is 2.62 bits per heavy atom. The van der Waals surface area contributed by atoms with Gasteiger partial charge in [0, 0.05) is 18.2 Å². The van der Waals surface area contributed by atoms with Crippen molar-refractivity contribution in [1.82, 2.24) is 4.90 Å². The summed E-state index contributed by atoms with van der Waals surface area (Å²) in [5.41, 5.74) is 4.30. The molecule has 0 radical (unpaired) electrons. The standard InChI is InChI=1S/C23H29NO2/c1-25-22-13-11-18-19-9-6-15-24(16-14-17-7-4-3-5-8-17)21(19)12-10-20(18)23(22)26-2/h3-5,7-8,11,13,19,21H,6,9-10,12,14-16H2,1-2H3/t19-,21+/m0/s1. The minimum atomic E-state index is 0.628. The summed E-state index contributed by atoms with van der Waals surface area (Å²) >= 11 is 0. The van der Waals surface area contributed by atoms with Gasteiger partial charge in [-0.25, -0.2) is 0 Å². The van der Waals surface area contributed by atoms with E-state index in [9.17, 15) is 0 Å². The summed E-state index contributed by atoms with van der Waals surface area (Å²) in [7, 11) is 3.49. The van der Waals surface area contributed by atoms with E-state index in [0.29, 0.717) is 12.0 Å². The van der Waals surface area contributed by atoms with Crippen molar-refractivity contribution in [3.8, 4) is 11.5 Å². The maximum Gasteiger partial charge on any atom is 0.164 e. The molecule has 3 heteroatoms. The van der Waals surface area contributed by atoms with Gasteiger partial charge in [0.25, 0.3) is 0 Å². The van der Waals surface area contributed by atoms with Gasteiger partial charge in [0.05, 0.1) is 14.2 Å². The predicted octanol–water partition coefficient (Wildman–Crippen LogP) is 4.44. The van der Waals surface area contributed by atoms with Crippen LogP contribution in [0.2, 0.25) is 0 Å². The lowest BCUT2D eigenvalue weighted by Crippen LogP contribution is -2.47. The first kappa shape index (κ1) is 17.4. The monoisotopic (exact) mass is 351 g/mol. The van der Waals surface area contributed by atoms with Crippen molar-refractivity contribution in [3.63, 3.8) is 0 Å². The van der Waals surface area contributed by atoms with E-state index in [-0.39, 0.29) is 0 Å². The van der Waals surface area contributed by atoms with Crippen LogP contribution in [0.1, 0.15) is 41.9 Å². The molecule has 0 aromatic heterocycles. The van der Waals surface area contributed by atoms with Crippen LogP contribution >= 0.6 is 0 Å². The molecule has 2 aromatic carbocycles. The highest BCUT2D eigenvalue weighted by atomic mass is 16.5. The fraction of sp³-hybridized carbons (Fsp3) is 0.478. The van der Waals surface area contributed by atoms with E-state index >= 15 is 0 Å². The fourth-order valence-electron chi connectivity index (χ4n) is 4.97. The van der Waals surface area contributed by atoms with Gasteiger partial charge in [-0.15, -0.1) is 0 Å². The van der Waals surface area contributed by atoms with Crippen molar-refractivity contribution in [2.24, 2.45) is 0 Å². The molecule has 1 aliphatic carbocycles. The largest absolute Gasteiger partial charge is 0.493 e. The highest BCUT2D eigenvalue weighted by Crippen LogP contribution is 2.46. The maximum atomic E-state index is 5.71. The Morgan fingerprint density at radius 2 is 1.85 bits per heavy atom. The molecule has 0 unspecified atom stereocenters. The van der Waals surface area contributed by atoms with Gasteiger partial charge < -0.3 is 9.47 Å². The molecule has 1 aliphatic heterocycles. The molecule has 138 valence electrons. The lowest BCUT2D eigenvalue weighted by molar-refractivity contribution is 0.113. The van der Waals surface area contributed by atoms with Crippen LogP contribution in [0.25, 0.3) is 0 Å². The van der Waals surface area contributed by atoms with Crippen molar-refractivity contribution < 1.29 is 9.47 Å². The maximum absolute atomic E-state index is 5.71. The van der Waals surface area contributed by atoms with Crippen LogP contribution in [0, 0.1) is 0 Å². The van der Waals surface area contributed by atoms with Crippen LogP contribution in [0.3, 0.4) is 0 Å². The van der Waals surface area contributed by atoms with E-state index in [0.717, 1.165) is 30.9 Å². The Labute approximate surface area is 156 Å². The van der Waals surface area contributed by atoms with Crippen LogP contribution < -0.4 is 9.47 Å². The number of fused-ring (bicyclic) bond motifs is 3. The van der Waals surface area contributed by atoms with Crippen LogP contribution in [0.4, 0.5) is 0 Å². The summed E-state index contributed by atoms with van der Waals surface area (Å²) in [5, 5.41) is 0. The topological polar surface area (TPSA) is 21.7 Å². The Balaban J connectivity index is 1.54. The smallest absolute Gasteiger partial charge is 0.164 e. The molecule has 1 saturated heterocycles. The van der Waals surface area contributed by atoms with Crippen molar-refractivity contribution >= 4 is 0 Å². The molecule has 0 spiro atoms. The number of hydrogen-bond acceptors (Lipinski definition) is 3. The van der Waals surface area contributed by atoms with E-state index in [1.165, 1.54) is 42.5 Å². The first-order valence-electron chi connectivity index (χ1n) is 9.83. The Hall–Kier alpha value is -2.00. The highest BCUT2D eigenvalue weighted by Gasteiger charge is 2.37. The fourth-order valence-corrected chi connectivity index (χ4v) is 4.97. The zero-order valence-corrected chi connectivity index (χ0v) is 15.9. The molecule has 26 heavy (non-hydrogen) atoms. The van der Waals surface area contributed by atoms with Crippen molar-refractivity contribution in [1.29, 1.82) is 0 Å². The van der Waals surface area contributed by atoms with Crippen molar-refractivity contribution in [3.05, 3.63) is 59.2 Å². The molecule has 1 heterocycles. The van der Waals surface area contributed by atoms with Gasteiger partial charge in [0.2, 0.25) is 0 Å². The number of rotatable bonds is 5. The van der Waals surface area contributed by atoms with Gasteiger partial charge in [0.1, 0.15) is 0 Å². The van der Waals surface area contributed by atoms with Gasteiger partial charge in [-0.1, -0.05) is 36.4 Å². The van der Waals surface area contributed by atoms with Gasteiger partial charge in [-0.05, 0) is 61.8 Å². The Kier molecular flexibility index (Phi) is 5.16. The van der Waals surface area contributed by atoms with E-state index in [2.05, 4.69) is 47.4 Å². The minimum absolute atomic E-state index is 0.628. The number of piperidine rings is 1. The lowest BCUT2D eigenvalue weighted by atomic mass is 9.74. The second-order valence-corrected chi connectivity index (χ2v) is 7.50. The zero-order valence-electron chi connectivity index (χ0n) is 15.9. The molecule has 0 bridgehead atoms. The van der Waals surface area contributed by atoms with Gasteiger partial charge >= 0.3 is 0 Å². The molecule has 0 amide bonds. The van der Waals surface area contributed by atoms with E-state index in [1.54, 1.807) is 14.2 Å². The quantitative estimate of drug-likeness (QED) is 0.795. The molecule has 0 N–H and O–H groups in total. The molecule has 3 nitrogen and oxygen atoms in total. The first-order valence-corrected chi connectivity index (χ1v) is 9.83. The minimum Gasteiger partial charge on any atom is -0.493 e. The van der Waals surface area contributed by atoms with Gasteiger partial charge in [0.15, 0.2) is 11.5 Å². The predicted molar refractivity (Wildman–Crippen MR) is 105 cm³/mol. The van der Waals surface area contributed by atoms with E-state index < -0.39 is 0 Å². The molecule has 1 fully saturated rings. The highest BCUT2D eigenvalue weighted by molar-refractivity contribution is 5.53. The lowest BCUT2D eigenvalue weighted by Gasteiger charge is -2.45. The Morgan fingerprint density at radius 1 is 1.00 bits per heavy atom. The van der Waals surface area contributed by atoms with Gasteiger partial charge in [-0.3, -0.25) is 4.90 Å². The summed E-state index contributed by atoms with van der Waals surface area (Å²) < 4.78 is 11.2. The van der Waals surface area contributed by atoms with Crippen LogP contribution in [0.15, 0.2) is 42.5 Å². The summed E-state index contributed by atoms with van der Waals surface area (Å²) in [6.07, 6.45) is 6.01. The first-order chi connectivity index (χ1) is 12.8. The van der Waals surface area contributed by atoms with Crippen LogP contribution in [0.5, 0.6) is 11.5 Å². The SMILES string of the molecule is COc1ccc2c(c1OC)CC[C@@H]1[C@H]2CCCN1CCc1ccccc1. The second-order valence-electron chi connectivity index (χ2n) is 7.50. The summed E-state index contributed by atoms with van der Waals surface area (Å²) in [5.74, 6) is 2.44. The average Bonchev–Trinajstić information content (AvgIpc) is 2.71. The summed E-state index contributed by atoms with van der Waals surface area (Å²) in [4.78, 5) is 2.74. The third-order valence-corrected chi connectivity index (χ3v) is 6.20. The van der Waals surface area contributed by atoms with Crippen molar-refractivity contribution in [2.75, 3.05) is 27.3 Å². The molecular formula is C23H29NO2. The number of hydrogen-bond donors (Lipinski definition) is 0. The molecule has 2 atom stereocenters. The van der Waals surface area contributed by atoms with Crippen LogP contribution in [-0.2, 0) is 12.8 Å². The third kappa shape index (κ3) is 3.21. The molecule has 2 aliphatic rings. The number of benzene rings is 2. The molecular weight excluding hydrogens is 322 g/mol. The summed E-state index contributed by atoms with van der Waals surface area (Å²) in [6, 6.07) is 15.9. The number of ether oxygens (including phenoxy) is 2. The van der Waals surface area contributed by atoms with Crippen LogP contribution in [-0.4, -0.2) is 38.3 Å². The molecule has 2 aromatic rings. The third-order valence-electron chi connectivity index (χ3n) is 6.20. The normalized spacial score (nSPS) is 22.4. The van der Waals surface area contributed by atoms with E-state index in [1.807, 2.05) is 0 Å².